The second-order valence-electron chi connectivity index (χ2n) is 6.03. The summed E-state index contributed by atoms with van der Waals surface area (Å²) in [6.45, 7) is 3.15. The second-order valence-corrected chi connectivity index (χ2v) is 7.68. The van der Waals surface area contributed by atoms with Gasteiger partial charge in [-0.15, -0.1) is 17.0 Å². The predicted molar refractivity (Wildman–Crippen MR) is 102 cm³/mol. The first kappa shape index (κ1) is 16.7. The van der Waals surface area contributed by atoms with Gasteiger partial charge in [0.2, 0.25) is 0 Å². The van der Waals surface area contributed by atoms with E-state index in [9.17, 15) is 0 Å². The zero-order chi connectivity index (χ0) is 14.6. The van der Waals surface area contributed by atoms with E-state index in [4.69, 9.17) is 23.2 Å². The lowest BCUT2D eigenvalue weighted by Crippen LogP contribution is -2.44. The first-order valence-corrected chi connectivity index (χ1v) is 8.92. The number of hydrogen-bond acceptors (Lipinski definition) is 3. The Morgan fingerprint density at radius 2 is 2.05 bits per heavy atom. The average molecular weight is 420 g/mol. The Balaban J connectivity index is 0.00000144. The summed E-state index contributed by atoms with van der Waals surface area (Å²) in [7, 11) is 0. The summed E-state index contributed by atoms with van der Waals surface area (Å²) in [5.74, 6) is 0. The van der Waals surface area contributed by atoms with Crippen LogP contribution in [0.3, 0.4) is 0 Å². The Bertz CT molecular complexity index is 670. The molecule has 0 radical (unpaired) electrons. The Hall–Kier alpha value is -0.160. The maximum absolute atomic E-state index is 6.25. The van der Waals surface area contributed by atoms with Crippen LogP contribution in [0, 0.1) is 0 Å². The van der Waals surface area contributed by atoms with E-state index in [1.807, 2.05) is 12.1 Å². The van der Waals surface area contributed by atoms with Gasteiger partial charge in [0.1, 0.15) is 0 Å². The van der Waals surface area contributed by atoms with Gasteiger partial charge in [-0.05, 0) is 42.9 Å². The molecule has 1 aromatic rings. The first-order chi connectivity index (χ1) is 10.1. The molecule has 2 aliphatic heterocycles. The summed E-state index contributed by atoms with van der Waals surface area (Å²) in [4.78, 5) is 7.06. The zero-order valence-electron chi connectivity index (χ0n) is 12.2. The van der Waals surface area contributed by atoms with Crippen molar-refractivity contribution in [1.82, 2.24) is 4.90 Å². The van der Waals surface area contributed by atoms with Crippen LogP contribution in [0.5, 0.6) is 0 Å². The van der Waals surface area contributed by atoms with Gasteiger partial charge < -0.3 is 4.90 Å². The lowest BCUT2D eigenvalue weighted by Gasteiger charge is -2.46. The van der Waals surface area contributed by atoms with Gasteiger partial charge in [0, 0.05) is 11.1 Å². The number of rotatable bonds is 2. The number of fused-ring (bicyclic) bond motifs is 1. The molecule has 0 amide bonds. The number of hydrogen-bond donors (Lipinski definition) is 0. The van der Waals surface area contributed by atoms with Crippen LogP contribution in [0.25, 0.3) is 0 Å². The van der Waals surface area contributed by atoms with Crippen molar-refractivity contribution in [2.75, 3.05) is 6.54 Å². The molecular weight excluding hydrogens is 403 g/mol. The lowest BCUT2D eigenvalue weighted by atomic mass is 9.62. The number of amidine groups is 1. The molecule has 1 fully saturated rings. The molecule has 2 heterocycles. The fraction of sp³-hybridized carbons (Fsp3) is 0.438. The van der Waals surface area contributed by atoms with Gasteiger partial charge in [0.05, 0.1) is 22.6 Å². The molecule has 1 aliphatic carbocycles. The highest BCUT2D eigenvalue weighted by atomic mass is 79.9. The molecule has 1 atom stereocenters. The minimum atomic E-state index is 0. The van der Waals surface area contributed by atoms with Crippen LogP contribution in [0.15, 0.2) is 34.3 Å². The second kappa shape index (κ2) is 6.04. The fourth-order valence-corrected chi connectivity index (χ4v) is 4.91. The summed E-state index contributed by atoms with van der Waals surface area (Å²) >= 11 is 14.1. The Morgan fingerprint density at radius 3 is 2.68 bits per heavy atom. The molecule has 1 unspecified atom stereocenters. The van der Waals surface area contributed by atoms with Crippen LogP contribution in [0.4, 0.5) is 0 Å². The van der Waals surface area contributed by atoms with Crippen molar-refractivity contribution in [2.45, 2.75) is 37.6 Å². The van der Waals surface area contributed by atoms with Crippen molar-refractivity contribution < 1.29 is 0 Å². The van der Waals surface area contributed by atoms with Crippen LogP contribution in [0.2, 0.25) is 10.0 Å². The standard InChI is InChI=1S/C16H16Cl2N2S.BrH/c1-10-8-19-15-20(10)14(9-21-15)16(5-2-6-16)11-3-4-12(17)13(18)7-11;/h3-4,7,9-10H,2,5-6,8H2,1H3;1H. The normalized spacial score (nSPS) is 25.0. The van der Waals surface area contributed by atoms with Gasteiger partial charge in [-0.2, -0.15) is 0 Å². The molecule has 0 spiro atoms. The molecule has 2 nitrogen and oxygen atoms in total. The lowest BCUT2D eigenvalue weighted by molar-refractivity contribution is 0.237. The van der Waals surface area contributed by atoms with Gasteiger partial charge in [0.15, 0.2) is 5.17 Å². The van der Waals surface area contributed by atoms with E-state index in [-0.39, 0.29) is 22.4 Å². The SMILES string of the molecule is Br.CC1CN=C2SC=C(C3(c4ccc(Cl)c(Cl)c4)CCC3)N21. The van der Waals surface area contributed by atoms with Crippen molar-refractivity contribution >= 4 is 57.1 Å². The van der Waals surface area contributed by atoms with Crippen molar-refractivity contribution in [2.24, 2.45) is 4.99 Å². The maximum Gasteiger partial charge on any atom is 0.168 e. The largest absolute Gasteiger partial charge is 0.319 e. The number of aliphatic imine (C=N–C) groups is 1. The predicted octanol–water partition coefficient (Wildman–Crippen LogP) is 5.64. The van der Waals surface area contributed by atoms with Crippen molar-refractivity contribution in [1.29, 1.82) is 0 Å². The Kier molecular flexibility index (Phi) is 4.59. The molecule has 118 valence electrons. The molecular formula is C16H17BrCl2N2S. The van der Waals surface area contributed by atoms with Crippen LogP contribution < -0.4 is 0 Å². The quantitative estimate of drug-likeness (QED) is 0.616. The molecule has 22 heavy (non-hydrogen) atoms. The summed E-state index contributed by atoms with van der Waals surface area (Å²) in [5.41, 5.74) is 2.79. The number of halogens is 3. The van der Waals surface area contributed by atoms with E-state index in [1.54, 1.807) is 11.8 Å². The van der Waals surface area contributed by atoms with E-state index in [1.165, 1.54) is 30.5 Å². The summed E-state index contributed by atoms with van der Waals surface area (Å²) in [6, 6.07) is 6.56. The van der Waals surface area contributed by atoms with E-state index >= 15 is 0 Å². The van der Waals surface area contributed by atoms with Crippen molar-refractivity contribution in [3.05, 3.63) is 44.9 Å². The van der Waals surface area contributed by atoms with E-state index < -0.39 is 0 Å². The van der Waals surface area contributed by atoms with Gasteiger partial charge in [-0.25, -0.2) is 0 Å². The van der Waals surface area contributed by atoms with Gasteiger partial charge in [-0.1, -0.05) is 47.5 Å². The van der Waals surface area contributed by atoms with Crippen LogP contribution >= 0.6 is 51.9 Å². The van der Waals surface area contributed by atoms with Crippen molar-refractivity contribution in [3.8, 4) is 0 Å². The number of benzene rings is 1. The number of allylic oxidation sites excluding steroid dienone is 1. The molecule has 4 rings (SSSR count). The third-order valence-electron chi connectivity index (χ3n) is 4.84. The molecule has 0 aromatic heterocycles. The summed E-state index contributed by atoms with van der Waals surface area (Å²) < 4.78 is 0. The molecule has 1 aromatic carbocycles. The van der Waals surface area contributed by atoms with Crippen molar-refractivity contribution in [3.63, 3.8) is 0 Å². The Morgan fingerprint density at radius 1 is 1.27 bits per heavy atom. The van der Waals surface area contributed by atoms with Crippen LogP contribution in [-0.4, -0.2) is 22.7 Å². The molecule has 1 saturated carbocycles. The summed E-state index contributed by atoms with van der Waals surface area (Å²) in [5, 5.41) is 4.72. The monoisotopic (exact) mass is 418 g/mol. The minimum Gasteiger partial charge on any atom is -0.319 e. The van der Waals surface area contributed by atoms with Crippen LogP contribution in [-0.2, 0) is 5.41 Å². The molecule has 3 aliphatic rings. The smallest absolute Gasteiger partial charge is 0.168 e. The highest BCUT2D eigenvalue weighted by molar-refractivity contribution is 8.93. The van der Waals surface area contributed by atoms with Gasteiger partial charge >= 0.3 is 0 Å². The molecule has 6 heteroatoms. The number of thioether (sulfide) groups is 1. The minimum absolute atomic E-state index is 0. The van der Waals surface area contributed by atoms with E-state index in [2.05, 4.69) is 28.3 Å². The highest BCUT2D eigenvalue weighted by Crippen LogP contribution is 2.54. The number of nitrogens with zero attached hydrogens (tertiary/aromatic N) is 2. The highest BCUT2D eigenvalue weighted by Gasteiger charge is 2.49. The topological polar surface area (TPSA) is 15.6 Å². The zero-order valence-corrected chi connectivity index (χ0v) is 16.2. The Labute approximate surface area is 155 Å². The van der Waals surface area contributed by atoms with E-state index in [0.29, 0.717) is 16.1 Å². The average Bonchev–Trinajstić information content (AvgIpc) is 2.97. The maximum atomic E-state index is 6.25. The van der Waals surface area contributed by atoms with Gasteiger partial charge in [-0.3, -0.25) is 4.99 Å². The molecule has 0 saturated heterocycles. The van der Waals surface area contributed by atoms with E-state index in [0.717, 1.165) is 11.7 Å². The fourth-order valence-electron chi connectivity index (χ4n) is 3.52. The first-order valence-electron chi connectivity index (χ1n) is 7.28. The third-order valence-corrected chi connectivity index (χ3v) is 6.46. The van der Waals surface area contributed by atoms with Crippen LogP contribution in [0.1, 0.15) is 31.7 Å². The summed E-state index contributed by atoms with van der Waals surface area (Å²) in [6.07, 6.45) is 3.61. The third kappa shape index (κ3) is 2.34. The van der Waals surface area contributed by atoms with Gasteiger partial charge in [0.25, 0.3) is 0 Å². The molecule has 0 bridgehead atoms. The molecule has 0 N–H and O–H groups in total.